The summed E-state index contributed by atoms with van der Waals surface area (Å²) in [5.74, 6) is -0.520. The van der Waals surface area contributed by atoms with Crippen molar-refractivity contribution in [2.45, 2.75) is 26.8 Å². The van der Waals surface area contributed by atoms with Crippen LogP contribution in [0.5, 0.6) is 0 Å². The Morgan fingerprint density at radius 3 is 2.36 bits per heavy atom. The summed E-state index contributed by atoms with van der Waals surface area (Å²) in [6.07, 6.45) is 0. The van der Waals surface area contributed by atoms with Crippen molar-refractivity contribution in [2.24, 2.45) is 0 Å². The van der Waals surface area contributed by atoms with Crippen LogP contribution in [-0.4, -0.2) is 40.4 Å². The molecule has 14 heavy (non-hydrogen) atoms. The molecule has 0 heterocycles. The van der Waals surface area contributed by atoms with Crippen LogP contribution < -0.4 is 0 Å². The predicted octanol–water partition coefficient (Wildman–Crippen LogP) is 1.11. The van der Waals surface area contributed by atoms with Crippen molar-refractivity contribution < 1.29 is 24.8 Å². The molecule has 0 aromatic carbocycles. The smallest absolute Gasteiger partial charge is 0.333 e. The fourth-order valence-electron chi connectivity index (χ4n) is 0.654. The monoisotopic (exact) mass is 204 g/mol. The second-order valence-corrected chi connectivity index (χ2v) is 3.52. The van der Waals surface area contributed by atoms with E-state index in [-0.39, 0.29) is 19.2 Å². The third-order valence-electron chi connectivity index (χ3n) is 1.83. The molecule has 0 aliphatic heterocycles. The Morgan fingerprint density at radius 2 is 2.00 bits per heavy atom. The van der Waals surface area contributed by atoms with E-state index in [0.29, 0.717) is 5.57 Å². The van der Waals surface area contributed by atoms with Crippen molar-refractivity contribution in [2.75, 3.05) is 13.2 Å². The molecule has 0 atom stereocenters. The summed E-state index contributed by atoms with van der Waals surface area (Å²) in [7, 11) is 0. The Bertz CT molecular complexity index is 223. The normalized spacial score (nSPS) is 11.6. The maximum absolute atomic E-state index is 10.9. The number of carbonyl (C=O) groups excluding carboxylic acids is 1. The Balaban J connectivity index is 3.85. The lowest BCUT2D eigenvalue weighted by Crippen LogP contribution is -2.49. The first-order valence-electron chi connectivity index (χ1n) is 4.43. The summed E-state index contributed by atoms with van der Waals surface area (Å²) in [6, 6.07) is -0.362. The molecule has 0 aliphatic rings. The number of hydroxylamine groups is 4. The van der Waals surface area contributed by atoms with Gasteiger partial charge in [0.05, 0.1) is 0 Å². The van der Waals surface area contributed by atoms with Gasteiger partial charge in [-0.15, -0.1) is 0 Å². The topological polar surface area (TPSA) is 66.8 Å². The maximum Gasteiger partial charge on any atom is 0.333 e. The molecule has 0 saturated heterocycles. The third kappa shape index (κ3) is 4.36. The van der Waals surface area contributed by atoms with Crippen molar-refractivity contribution in [1.29, 1.82) is 0 Å². The quantitative estimate of drug-likeness (QED) is 0.305. The Kier molecular flexibility index (Phi) is 4.76. The molecule has 0 bridgehead atoms. The standard InChI is InChI=1S/C9H18NO4/c1-7(2)9(11)14-6-5-10(12,13)8(3)4/h8,12-13H,1,5-6H2,2-4H3/q+1. The van der Waals surface area contributed by atoms with Gasteiger partial charge in [-0.05, 0) is 25.6 Å². The summed E-state index contributed by atoms with van der Waals surface area (Å²) in [5.41, 5.74) is 0.295. The first-order valence-corrected chi connectivity index (χ1v) is 4.43. The Morgan fingerprint density at radius 1 is 1.50 bits per heavy atom. The minimum Gasteiger partial charge on any atom is -0.456 e. The van der Waals surface area contributed by atoms with Gasteiger partial charge in [-0.25, -0.2) is 4.79 Å². The zero-order valence-corrected chi connectivity index (χ0v) is 8.86. The zero-order chi connectivity index (χ0) is 11.4. The average molecular weight is 204 g/mol. The molecule has 5 nitrogen and oxygen atoms in total. The number of hydrogen-bond acceptors (Lipinski definition) is 4. The van der Waals surface area contributed by atoms with Crippen LogP contribution in [0, 0.1) is 0 Å². The molecule has 0 rings (SSSR count). The molecule has 82 valence electrons. The van der Waals surface area contributed by atoms with Gasteiger partial charge in [0.15, 0.2) is 6.54 Å². The van der Waals surface area contributed by atoms with Crippen molar-refractivity contribution in [1.82, 2.24) is 0 Å². The van der Waals surface area contributed by atoms with Gasteiger partial charge in [-0.1, -0.05) is 6.58 Å². The van der Waals surface area contributed by atoms with E-state index in [0.717, 1.165) is 0 Å². The molecule has 5 heteroatoms. The van der Waals surface area contributed by atoms with E-state index >= 15 is 0 Å². The number of rotatable bonds is 5. The summed E-state index contributed by atoms with van der Waals surface area (Å²) in [4.78, 5) is 9.76. The van der Waals surface area contributed by atoms with Gasteiger partial charge in [0.2, 0.25) is 0 Å². The lowest BCUT2D eigenvalue weighted by molar-refractivity contribution is -1.26. The Labute approximate surface area is 83.7 Å². The first kappa shape index (κ1) is 13.1. The van der Waals surface area contributed by atoms with Gasteiger partial charge >= 0.3 is 5.97 Å². The van der Waals surface area contributed by atoms with Gasteiger partial charge in [0.1, 0.15) is 12.6 Å². The van der Waals surface area contributed by atoms with Crippen molar-refractivity contribution in [3.8, 4) is 0 Å². The molecule has 0 radical (unpaired) electrons. The lowest BCUT2D eigenvalue weighted by Gasteiger charge is -2.24. The first-order chi connectivity index (χ1) is 6.27. The number of carbonyl (C=O) groups is 1. The molecular formula is C9H18NO4+. The summed E-state index contributed by atoms with van der Waals surface area (Å²) < 4.78 is 4.72. The van der Waals surface area contributed by atoms with Gasteiger partial charge in [0, 0.05) is 5.57 Å². The highest BCUT2D eigenvalue weighted by Gasteiger charge is 2.27. The molecule has 0 spiro atoms. The van der Waals surface area contributed by atoms with Crippen molar-refractivity contribution >= 4 is 5.97 Å². The largest absolute Gasteiger partial charge is 0.456 e. The van der Waals surface area contributed by atoms with Crippen molar-refractivity contribution in [3.63, 3.8) is 0 Å². The van der Waals surface area contributed by atoms with Crippen LogP contribution in [0.1, 0.15) is 20.8 Å². The minimum atomic E-state index is -1.15. The Hall–Kier alpha value is -0.910. The van der Waals surface area contributed by atoms with E-state index in [4.69, 9.17) is 4.74 Å². The van der Waals surface area contributed by atoms with Crippen LogP contribution in [-0.2, 0) is 9.53 Å². The second kappa shape index (κ2) is 5.09. The van der Waals surface area contributed by atoms with Crippen LogP contribution in [0.3, 0.4) is 0 Å². The molecule has 0 aromatic heterocycles. The van der Waals surface area contributed by atoms with Gasteiger partial charge in [0.25, 0.3) is 0 Å². The van der Waals surface area contributed by atoms with Crippen LogP contribution >= 0.6 is 0 Å². The maximum atomic E-state index is 10.9. The molecular weight excluding hydrogens is 186 g/mol. The fraction of sp³-hybridized carbons (Fsp3) is 0.667. The summed E-state index contributed by atoms with van der Waals surface area (Å²) >= 11 is 0. The molecule has 0 aromatic rings. The van der Waals surface area contributed by atoms with Gasteiger partial charge < -0.3 is 4.74 Å². The van der Waals surface area contributed by atoms with E-state index in [9.17, 15) is 15.2 Å². The third-order valence-corrected chi connectivity index (χ3v) is 1.83. The van der Waals surface area contributed by atoms with Crippen LogP contribution in [0.15, 0.2) is 12.2 Å². The molecule has 0 saturated carbocycles. The number of ether oxygens (including phenoxy) is 1. The van der Waals surface area contributed by atoms with Crippen molar-refractivity contribution in [3.05, 3.63) is 12.2 Å². The highest BCUT2D eigenvalue weighted by Crippen LogP contribution is 2.04. The predicted molar refractivity (Wildman–Crippen MR) is 49.6 cm³/mol. The van der Waals surface area contributed by atoms with Crippen LogP contribution in [0.25, 0.3) is 0 Å². The molecule has 0 unspecified atom stereocenters. The average Bonchev–Trinajstić information content (AvgIpc) is 2.03. The van der Waals surface area contributed by atoms with E-state index in [1.165, 1.54) is 6.92 Å². The lowest BCUT2D eigenvalue weighted by atomic mass is 10.3. The van der Waals surface area contributed by atoms with Gasteiger partial charge in [-0.3, -0.25) is 0 Å². The highest BCUT2D eigenvalue weighted by molar-refractivity contribution is 5.86. The van der Waals surface area contributed by atoms with E-state index in [1.807, 2.05) is 0 Å². The minimum absolute atomic E-state index is 0.0448. The second-order valence-electron chi connectivity index (χ2n) is 3.52. The number of nitrogens with zero attached hydrogens (tertiary/aromatic N) is 1. The van der Waals surface area contributed by atoms with E-state index in [1.54, 1.807) is 13.8 Å². The number of hydrogen-bond donors (Lipinski definition) is 2. The van der Waals surface area contributed by atoms with Crippen LogP contribution in [0.2, 0.25) is 0 Å². The molecule has 2 N–H and O–H groups in total. The molecule has 0 fully saturated rings. The SMILES string of the molecule is C=C(C)C(=O)OCC[N+](O)(O)C(C)C. The van der Waals surface area contributed by atoms with Crippen LogP contribution in [0.4, 0.5) is 0 Å². The fourth-order valence-corrected chi connectivity index (χ4v) is 0.654. The molecule has 0 aliphatic carbocycles. The van der Waals surface area contributed by atoms with E-state index < -0.39 is 10.8 Å². The zero-order valence-electron chi connectivity index (χ0n) is 8.86. The highest BCUT2D eigenvalue weighted by atomic mass is 16.8. The van der Waals surface area contributed by atoms with E-state index in [2.05, 4.69) is 6.58 Å². The number of quaternary nitrogens is 1. The van der Waals surface area contributed by atoms with Gasteiger partial charge in [-0.2, -0.15) is 10.4 Å². The molecule has 0 amide bonds. The summed E-state index contributed by atoms with van der Waals surface area (Å²) in [5, 5.41) is 18.6. The summed E-state index contributed by atoms with van der Waals surface area (Å²) in [6.45, 7) is 8.14. The number of esters is 1.